The van der Waals surface area contributed by atoms with Gasteiger partial charge in [0.2, 0.25) is 0 Å². The second-order valence-electron chi connectivity index (χ2n) is 4.70. The average Bonchev–Trinajstić information content (AvgIpc) is 2.82. The van der Waals surface area contributed by atoms with Gasteiger partial charge in [0.25, 0.3) is 0 Å². The third-order valence-corrected chi connectivity index (χ3v) is 3.16. The van der Waals surface area contributed by atoms with E-state index in [-0.39, 0.29) is 6.10 Å². The van der Waals surface area contributed by atoms with Gasteiger partial charge in [0.05, 0.1) is 0 Å². The molecule has 0 bridgehead atoms. The summed E-state index contributed by atoms with van der Waals surface area (Å²) >= 11 is 0. The smallest absolute Gasteiger partial charge is 0.172 e. The van der Waals surface area contributed by atoms with Gasteiger partial charge in [-0.2, -0.15) is 0 Å². The Kier molecular flexibility index (Phi) is 3.07. The quantitative estimate of drug-likeness (QED) is 0.916. The van der Waals surface area contributed by atoms with E-state index in [1.165, 1.54) is 5.56 Å². The van der Waals surface area contributed by atoms with E-state index in [0.29, 0.717) is 0 Å². The standard InChI is InChI=1S/C15H17N3O/c1-3-16-14-8-10(2)17-15(18-14)13-9-11-6-4-5-7-12(11)19-13/h4-8,13H,3,9H2,1-2H3,(H,16,17,18). The van der Waals surface area contributed by atoms with Crippen molar-refractivity contribution < 1.29 is 4.74 Å². The Labute approximate surface area is 112 Å². The molecule has 0 spiro atoms. The molecule has 0 aliphatic carbocycles. The number of para-hydroxylation sites is 1. The molecular weight excluding hydrogens is 238 g/mol. The number of benzene rings is 1. The molecule has 4 nitrogen and oxygen atoms in total. The fourth-order valence-corrected chi connectivity index (χ4v) is 2.33. The lowest BCUT2D eigenvalue weighted by Crippen LogP contribution is -2.11. The van der Waals surface area contributed by atoms with Crippen LogP contribution in [0.4, 0.5) is 5.82 Å². The fourth-order valence-electron chi connectivity index (χ4n) is 2.33. The van der Waals surface area contributed by atoms with Crippen molar-refractivity contribution in [1.29, 1.82) is 0 Å². The summed E-state index contributed by atoms with van der Waals surface area (Å²) in [6, 6.07) is 10.1. The molecule has 1 unspecified atom stereocenters. The van der Waals surface area contributed by atoms with Crippen LogP contribution in [0.1, 0.15) is 30.1 Å². The van der Waals surface area contributed by atoms with Gasteiger partial charge in [-0.25, -0.2) is 9.97 Å². The highest BCUT2D eigenvalue weighted by molar-refractivity contribution is 5.40. The Morgan fingerprint density at radius 1 is 1.32 bits per heavy atom. The largest absolute Gasteiger partial charge is 0.482 e. The van der Waals surface area contributed by atoms with Crippen LogP contribution in [0, 0.1) is 6.92 Å². The Hall–Kier alpha value is -2.10. The van der Waals surface area contributed by atoms with Crippen molar-refractivity contribution in [3.8, 4) is 5.75 Å². The van der Waals surface area contributed by atoms with Crippen molar-refractivity contribution in [3.63, 3.8) is 0 Å². The lowest BCUT2D eigenvalue weighted by Gasteiger charge is -2.12. The molecule has 1 aromatic carbocycles. The Balaban J connectivity index is 1.88. The van der Waals surface area contributed by atoms with Gasteiger partial charge in [-0.05, 0) is 25.5 Å². The molecule has 1 aliphatic rings. The molecule has 0 fully saturated rings. The van der Waals surface area contributed by atoms with Gasteiger partial charge in [-0.3, -0.25) is 0 Å². The van der Waals surface area contributed by atoms with Crippen molar-refractivity contribution in [2.75, 3.05) is 11.9 Å². The summed E-state index contributed by atoms with van der Waals surface area (Å²) in [6.07, 6.45) is 0.764. The zero-order valence-corrected chi connectivity index (χ0v) is 11.2. The van der Waals surface area contributed by atoms with Crippen LogP contribution in [0.2, 0.25) is 0 Å². The molecule has 0 amide bonds. The molecule has 0 saturated heterocycles. The molecule has 1 aliphatic heterocycles. The average molecular weight is 255 g/mol. The summed E-state index contributed by atoms with van der Waals surface area (Å²) in [4.78, 5) is 9.05. The molecule has 2 heterocycles. The number of nitrogens with one attached hydrogen (secondary N) is 1. The Bertz CT molecular complexity index is 573. The van der Waals surface area contributed by atoms with E-state index in [1.54, 1.807) is 0 Å². The summed E-state index contributed by atoms with van der Waals surface area (Å²) < 4.78 is 5.93. The lowest BCUT2D eigenvalue weighted by molar-refractivity contribution is 0.227. The monoisotopic (exact) mass is 255 g/mol. The van der Waals surface area contributed by atoms with E-state index < -0.39 is 0 Å². The predicted molar refractivity (Wildman–Crippen MR) is 74.4 cm³/mol. The van der Waals surface area contributed by atoms with Crippen LogP contribution in [0.15, 0.2) is 30.3 Å². The van der Waals surface area contributed by atoms with Crippen molar-refractivity contribution in [2.24, 2.45) is 0 Å². The molecule has 2 aromatic rings. The second-order valence-corrected chi connectivity index (χ2v) is 4.70. The van der Waals surface area contributed by atoms with Crippen LogP contribution in [0.3, 0.4) is 0 Å². The molecule has 98 valence electrons. The van der Waals surface area contributed by atoms with E-state index in [2.05, 4.69) is 28.3 Å². The van der Waals surface area contributed by atoms with Gasteiger partial charge in [0.15, 0.2) is 11.9 Å². The van der Waals surface area contributed by atoms with Crippen molar-refractivity contribution in [2.45, 2.75) is 26.4 Å². The molecule has 0 saturated carbocycles. The Morgan fingerprint density at radius 3 is 2.95 bits per heavy atom. The van der Waals surface area contributed by atoms with Gasteiger partial charge in [0.1, 0.15) is 11.6 Å². The third-order valence-electron chi connectivity index (χ3n) is 3.16. The van der Waals surface area contributed by atoms with Gasteiger partial charge in [-0.15, -0.1) is 0 Å². The van der Waals surface area contributed by atoms with Crippen LogP contribution in [-0.4, -0.2) is 16.5 Å². The second kappa shape index (κ2) is 4.88. The Morgan fingerprint density at radius 2 is 2.16 bits per heavy atom. The molecule has 1 aromatic heterocycles. The number of fused-ring (bicyclic) bond motifs is 1. The number of hydrogen-bond donors (Lipinski definition) is 1. The van der Waals surface area contributed by atoms with Gasteiger partial charge >= 0.3 is 0 Å². The zero-order chi connectivity index (χ0) is 13.2. The van der Waals surface area contributed by atoms with E-state index >= 15 is 0 Å². The summed E-state index contributed by atoms with van der Waals surface area (Å²) in [5.41, 5.74) is 2.18. The maximum atomic E-state index is 5.93. The maximum absolute atomic E-state index is 5.93. The molecule has 1 N–H and O–H groups in total. The van der Waals surface area contributed by atoms with E-state index in [9.17, 15) is 0 Å². The zero-order valence-electron chi connectivity index (χ0n) is 11.2. The van der Waals surface area contributed by atoms with Crippen LogP contribution >= 0.6 is 0 Å². The summed E-state index contributed by atoms with van der Waals surface area (Å²) in [5.74, 6) is 2.57. The number of aryl methyl sites for hydroxylation is 1. The van der Waals surface area contributed by atoms with Crippen molar-refractivity contribution in [1.82, 2.24) is 9.97 Å². The highest BCUT2D eigenvalue weighted by atomic mass is 16.5. The number of anilines is 1. The summed E-state index contributed by atoms with van der Waals surface area (Å²) in [5, 5.41) is 3.23. The SMILES string of the molecule is CCNc1cc(C)nc(C2Cc3ccccc3O2)n1. The minimum atomic E-state index is -0.0743. The van der Waals surface area contributed by atoms with Gasteiger partial charge < -0.3 is 10.1 Å². The van der Waals surface area contributed by atoms with Crippen LogP contribution in [0.5, 0.6) is 5.75 Å². The number of nitrogens with zero attached hydrogens (tertiary/aromatic N) is 2. The first-order valence-electron chi connectivity index (χ1n) is 6.60. The van der Waals surface area contributed by atoms with Crippen LogP contribution < -0.4 is 10.1 Å². The van der Waals surface area contributed by atoms with Crippen molar-refractivity contribution >= 4 is 5.82 Å². The number of aromatic nitrogens is 2. The van der Waals surface area contributed by atoms with Gasteiger partial charge in [-0.1, -0.05) is 18.2 Å². The molecule has 1 atom stereocenters. The minimum absolute atomic E-state index is 0.0743. The minimum Gasteiger partial charge on any atom is -0.482 e. The molecule has 0 radical (unpaired) electrons. The van der Waals surface area contributed by atoms with E-state index in [0.717, 1.165) is 36.1 Å². The van der Waals surface area contributed by atoms with Crippen LogP contribution in [0.25, 0.3) is 0 Å². The molecule has 4 heteroatoms. The number of rotatable bonds is 3. The van der Waals surface area contributed by atoms with E-state index in [1.807, 2.05) is 31.2 Å². The number of ether oxygens (including phenoxy) is 1. The normalized spacial score (nSPS) is 16.8. The fraction of sp³-hybridized carbons (Fsp3) is 0.333. The number of hydrogen-bond acceptors (Lipinski definition) is 4. The maximum Gasteiger partial charge on any atom is 0.172 e. The van der Waals surface area contributed by atoms with Gasteiger partial charge in [0, 0.05) is 24.7 Å². The first kappa shape index (κ1) is 12.0. The molecular formula is C15H17N3O. The topological polar surface area (TPSA) is 47.0 Å². The molecule has 19 heavy (non-hydrogen) atoms. The van der Waals surface area contributed by atoms with Crippen molar-refractivity contribution in [3.05, 3.63) is 47.4 Å². The lowest BCUT2D eigenvalue weighted by atomic mass is 10.1. The molecule has 3 rings (SSSR count). The van der Waals surface area contributed by atoms with E-state index in [4.69, 9.17) is 4.74 Å². The highest BCUT2D eigenvalue weighted by Gasteiger charge is 2.26. The first-order chi connectivity index (χ1) is 9.26. The predicted octanol–water partition coefficient (Wildman–Crippen LogP) is 2.89. The summed E-state index contributed by atoms with van der Waals surface area (Å²) in [7, 11) is 0. The van der Waals surface area contributed by atoms with Crippen LogP contribution in [-0.2, 0) is 6.42 Å². The third kappa shape index (κ3) is 2.38. The highest BCUT2D eigenvalue weighted by Crippen LogP contribution is 2.35. The first-order valence-corrected chi connectivity index (χ1v) is 6.60. The summed E-state index contributed by atoms with van der Waals surface area (Å²) in [6.45, 7) is 4.88.